The summed E-state index contributed by atoms with van der Waals surface area (Å²) < 4.78 is 69.7. The van der Waals surface area contributed by atoms with Crippen LogP contribution in [-0.2, 0) is 34.4 Å². The molecule has 4 heterocycles. The number of aryl methyl sites for hydroxylation is 4. The normalized spacial score (nSPS) is 14.6. The number of hydrogen-bond acceptors (Lipinski definition) is 16. The zero-order valence-electron chi connectivity index (χ0n) is 46.5. The number of sulfonamides is 2. The zero-order valence-corrected chi connectivity index (χ0v) is 48.1. The monoisotopic (exact) mass is 1080 g/mol. The number of hydrogen-bond donors (Lipinski definition) is 1. The molecule has 2 aromatic carbocycles. The van der Waals surface area contributed by atoms with E-state index in [9.17, 15) is 26.4 Å². The fraction of sp³-hybridized carbons (Fsp3) is 0.556. The molecule has 2 aliphatic rings. The van der Waals surface area contributed by atoms with Gasteiger partial charge in [-0.2, -0.15) is 8.61 Å². The van der Waals surface area contributed by atoms with Crippen LogP contribution in [0.2, 0.25) is 0 Å². The SMILES string of the molecule is CNCC1CCN(c2ccncc2)CC1.COc1cc(C)c(S(=O)(=O)N(C)CCN(C)CC(=O)N(C)CC2CCN(c3ccncc3)CC2)c(C)c1.COc1cc(C)c(S(=O)(=O)N(C)CCN(C)COC=O)c(C)c1. The largest absolute Gasteiger partial charge is 0.497 e. The topological polar surface area (TPSA) is 191 Å². The first-order valence-electron chi connectivity index (χ1n) is 25.5. The maximum Gasteiger partial charge on any atom is 0.294 e. The summed E-state index contributed by atoms with van der Waals surface area (Å²) in [4.78, 5) is 42.0. The van der Waals surface area contributed by atoms with Crippen molar-refractivity contribution in [3.63, 3.8) is 0 Å². The van der Waals surface area contributed by atoms with E-state index in [0.717, 1.165) is 44.9 Å². The van der Waals surface area contributed by atoms with Crippen molar-refractivity contribution in [3.05, 3.63) is 95.6 Å². The zero-order chi connectivity index (χ0) is 55.3. The highest BCUT2D eigenvalue weighted by Gasteiger charge is 2.28. The van der Waals surface area contributed by atoms with Gasteiger partial charge in [0.1, 0.15) is 18.2 Å². The highest BCUT2D eigenvalue weighted by molar-refractivity contribution is 7.89. The predicted octanol–water partition coefficient (Wildman–Crippen LogP) is 5.15. The van der Waals surface area contributed by atoms with Gasteiger partial charge in [0.05, 0.1) is 30.6 Å². The van der Waals surface area contributed by atoms with Crippen molar-refractivity contribution in [2.24, 2.45) is 11.8 Å². The number of nitrogens with one attached hydrogen (secondary N) is 1. The molecule has 0 aliphatic carbocycles. The molecule has 2 aromatic heterocycles. The minimum Gasteiger partial charge on any atom is -0.497 e. The number of carbonyl (C=O) groups excluding carboxylic acids is 2. The predicted molar refractivity (Wildman–Crippen MR) is 297 cm³/mol. The van der Waals surface area contributed by atoms with Crippen LogP contribution in [0.1, 0.15) is 47.9 Å². The van der Waals surface area contributed by atoms with Gasteiger partial charge in [-0.3, -0.25) is 29.4 Å². The van der Waals surface area contributed by atoms with E-state index in [-0.39, 0.29) is 32.3 Å². The molecule has 1 amide bonds. The molecular formula is C54H84N10O9S2. The Morgan fingerprint density at radius 3 is 1.40 bits per heavy atom. The smallest absolute Gasteiger partial charge is 0.294 e. The standard InChI is InChI=1S/C27H41N5O4S.C15H24N2O5S.C12H19N3/c1-21-17-25(36-6)18-22(2)27(21)37(34,35)31(5)16-15-29(3)20-26(33)30(4)19-23-9-13-32(14-10-23)24-7-11-28-12-8-24;1-12-8-14(21-5)9-13(2)15(12)23(19,20)17(4)7-6-16(3)10-22-11-18;1-13-10-11-4-8-15(9-5-11)12-2-6-14-7-3-12/h7-8,11-12,17-18,23H,9-10,13-16,19-20H2,1-6H3;8-9,11H,6-7,10H2,1-5H3;2-3,6-7,11,13H,4-5,8-10H2,1H3. The van der Waals surface area contributed by atoms with E-state index >= 15 is 0 Å². The van der Waals surface area contributed by atoms with Crippen LogP contribution >= 0.6 is 0 Å². The Morgan fingerprint density at radius 2 is 1.03 bits per heavy atom. The van der Waals surface area contributed by atoms with Gasteiger partial charge in [-0.25, -0.2) is 16.8 Å². The van der Waals surface area contributed by atoms with Crippen LogP contribution in [0.4, 0.5) is 11.4 Å². The Bertz CT molecular complexity index is 2550. The fourth-order valence-electron chi connectivity index (χ4n) is 9.36. The summed E-state index contributed by atoms with van der Waals surface area (Å²) in [6, 6.07) is 15.1. The molecule has 2 fully saturated rings. The minimum absolute atomic E-state index is 0.0476. The van der Waals surface area contributed by atoms with Crippen LogP contribution < -0.4 is 24.6 Å². The van der Waals surface area contributed by atoms with Gasteiger partial charge in [-0.15, -0.1) is 0 Å². The quantitative estimate of drug-likeness (QED) is 0.0758. The number of piperidine rings is 2. The minimum atomic E-state index is -3.66. The lowest BCUT2D eigenvalue weighted by Gasteiger charge is -2.35. The van der Waals surface area contributed by atoms with Gasteiger partial charge in [0, 0.05) is 116 Å². The van der Waals surface area contributed by atoms with Gasteiger partial charge in [-0.1, -0.05) is 0 Å². The average Bonchev–Trinajstić information content (AvgIpc) is 3.39. The number of methoxy groups -OCH3 is 2. The third-order valence-electron chi connectivity index (χ3n) is 13.8. The molecule has 416 valence electrons. The van der Waals surface area contributed by atoms with E-state index in [1.807, 2.05) is 67.9 Å². The lowest BCUT2D eigenvalue weighted by atomic mass is 9.96. The van der Waals surface area contributed by atoms with Crippen molar-refractivity contribution in [1.29, 1.82) is 0 Å². The second kappa shape index (κ2) is 30.4. The van der Waals surface area contributed by atoms with Crippen molar-refractivity contribution in [2.45, 2.75) is 63.2 Å². The van der Waals surface area contributed by atoms with Gasteiger partial charge in [0.2, 0.25) is 26.0 Å². The first kappa shape index (κ1) is 62.1. The molecule has 1 N–H and O–H groups in total. The maximum atomic E-state index is 13.2. The van der Waals surface area contributed by atoms with Crippen molar-refractivity contribution >= 4 is 43.8 Å². The van der Waals surface area contributed by atoms with Crippen molar-refractivity contribution in [2.75, 3.05) is 145 Å². The van der Waals surface area contributed by atoms with Crippen LogP contribution in [-0.4, -0.2) is 198 Å². The van der Waals surface area contributed by atoms with Gasteiger partial charge < -0.3 is 34.2 Å². The molecule has 0 radical (unpaired) electrons. The van der Waals surface area contributed by atoms with Crippen LogP contribution in [0.25, 0.3) is 0 Å². The molecule has 21 heteroatoms. The molecule has 75 heavy (non-hydrogen) atoms. The van der Waals surface area contributed by atoms with Crippen LogP contribution in [0.5, 0.6) is 11.5 Å². The van der Waals surface area contributed by atoms with Crippen LogP contribution in [0, 0.1) is 39.5 Å². The molecule has 0 bridgehead atoms. The molecule has 0 spiro atoms. The Balaban J connectivity index is 0.000000271. The molecule has 19 nitrogen and oxygen atoms in total. The molecule has 2 saturated heterocycles. The molecule has 0 unspecified atom stereocenters. The van der Waals surface area contributed by atoms with Gasteiger partial charge in [-0.05, 0) is 164 Å². The van der Waals surface area contributed by atoms with E-state index in [0.29, 0.717) is 69.0 Å². The van der Waals surface area contributed by atoms with Crippen molar-refractivity contribution in [1.82, 2.24) is 38.6 Å². The van der Waals surface area contributed by atoms with Gasteiger partial charge >= 0.3 is 0 Å². The van der Waals surface area contributed by atoms with Crippen molar-refractivity contribution in [3.8, 4) is 11.5 Å². The van der Waals surface area contributed by atoms with Crippen LogP contribution in [0.15, 0.2) is 83.1 Å². The third kappa shape index (κ3) is 18.7. The number of carbonyl (C=O) groups is 2. The lowest BCUT2D eigenvalue weighted by molar-refractivity contribution is -0.133. The Kier molecular flexibility index (Phi) is 25.1. The van der Waals surface area contributed by atoms with E-state index in [1.165, 1.54) is 53.0 Å². The van der Waals surface area contributed by atoms with Gasteiger partial charge in [0.25, 0.3) is 6.47 Å². The lowest BCUT2D eigenvalue weighted by Crippen LogP contribution is -2.43. The summed E-state index contributed by atoms with van der Waals surface area (Å²) in [7, 11) is 6.46. The number of amides is 1. The van der Waals surface area contributed by atoms with Gasteiger partial charge in [0.15, 0.2) is 0 Å². The number of rotatable bonds is 23. The van der Waals surface area contributed by atoms with E-state index in [4.69, 9.17) is 9.47 Å². The highest BCUT2D eigenvalue weighted by atomic mass is 32.2. The summed E-state index contributed by atoms with van der Waals surface area (Å²) in [5, 5.41) is 3.26. The second-order valence-electron chi connectivity index (χ2n) is 19.6. The van der Waals surface area contributed by atoms with Crippen LogP contribution in [0.3, 0.4) is 0 Å². The summed E-state index contributed by atoms with van der Waals surface area (Å²) in [5.41, 5.74) is 5.11. The number of pyridine rings is 2. The third-order valence-corrected chi connectivity index (χ3v) is 18.1. The molecule has 4 aromatic rings. The Morgan fingerprint density at radius 1 is 0.640 bits per heavy atom. The first-order valence-corrected chi connectivity index (χ1v) is 28.4. The maximum absolute atomic E-state index is 13.2. The summed E-state index contributed by atoms with van der Waals surface area (Å²) in [6.45, 7) is 15.5. The number of nitrogens with zero attached hydrogens (tertiary/aromatic N) is 9. The number of benzene rings is 2. The number of likely N-dealkylation sites (N-methyl/N-ethyl adjacent to an activating group) is 5. The highest BCUT2D eigenvalue weighted by Crippen LogP contribution is 2.30. The number of aromatic nitrogens is 2. The molecule has 0 atom stereocenters. The van der Waals surface area contributed by atoms with E-state index in [1.54, 1.807) is 85.2 Å². The Hall–Kier alpha value is -5.42. The van der Waals surface area contributed by atoms with E-state index in [2.05, 4.69) is 42.0 Å². The molecule has 2 aliphatic heterocycles. The molecule has 6 rings (SSSR count). The van der Waals surface area contributed by atoms with E-state index < -0.39 is 20.0 Å². The summed E-state index contributed by atoms with van der Waals surface area (Å²) in [6.07, 6.45) is 12.1. The fourth-order valence-corrected chi connectivity index (χ4v) is 12.5. The number of anilines is 2. The summed E-state index contributed by atoms with van der Waals surface area (Å²) in [5.74, 6) is 2.65. The molecule has 0 saturated carbocycles. The second-order valence-corrected chi connectivity index (χ2v) is 23.6. The first-order chi connectivity index (χ1) is 35.7. The molecular weight excluding hydrogens is 997 g/mol. The number of ether oxygens (including phenoxy) is 3. The van der Waals surface area contributed by atoms with Crippen molar-refractivity contribution < 1.29 is 40.6 Å². The Labute approximate surface area is 448 Å². The average molecular weight is 1080 g/mol. The summed E-state index contributed by atoms with van der Waals surface area (Å²) >= 11 is 0.